The van der Waals surface area contributed by atoms with Crippen molar-refractivity contribution < 1.29 is 9.26 Å². The Bertz CT molecular complexity index is 592. The molecule has 1 aliphatic heterocycles. The average Bonchev–Trinajstić information content (AvgIpc) is 3.15. The number of ether oxygens (including phenoxy) is 1. The highest BCUT2D eigenvalue weighted by Gasteiger charge is 2.27. The highest BCUT2D eigenvalue weighted by molar-refractivity contribution is 5.11. The van der Waals surface area contributed by atoms with E-state index in [1.807, 2.05) is 19.4 Å². The molecule has 0 aromatic carbocycles. The van der Waals surface area contributed by atoms with Gasteiger partial charge in [-0.3, -0.25) is 4.90 Å². The Balaban J connectivity index is 1.73. The van der Waals surface area contributed by atoms with E-state index in [1.54, 1.807) is 7.11 Å². The van der Waals surface area contributed by atoms with Crippen molar-refractivity contribution >= 4 is 0 Å². The van der Waals surface area contributed by atoms with Crippen LogP contribution in [0.3, 0.4) is 0 Å². The third-order valence-corrected chi connectivity index (χ3v) is 4.30. The van der Waals surface area contributed by atoms with Gasteiger partial charge in [0.25, 0.3) is 0 Å². The van der Waals surface area contributed by atoms with Crippen LogP contribution in [-0.4, -0.2) is 39.9 Å². The Morgan fingerprint density at radius 2 is 2.32 bits per heavy atom. The minimum atomic E-state index is 0.344. The third-order valence-electron chi connectivity index (χ3n) is 4.30. The molecule has 2 aromatic rings. The van der Waals surface area contributed by atoms with Gasteiger partial charge in [0.1, 0.15) is 11.5 Å². The zero-order valence-electron chi connectivity index (χ0n) is 13.4. The van der Waals surface area contributed by atoms with Crippen molar-refractivity contribution in [3.8, 4) is 0 Å². The first-order valence-corrected chi connectivity index (χ1v) is 7.93. The zero-order chi connectivity index (χ0) is 15.4. The summed E-state index contributed by atoms with van der Waals surface area (Å²) in [4.78, 5) is 6.78. The molecular weight excluding hydrogens is 280 g/mol. The van der Waals surface area contributed by atoms with Gasteiger partial charge in [-0.15, -0.1) is 0 Å². The molecule has 0 radical (unpaired) electrons. The topological polar surface area (TPSA) is 56.3 Å². The Labute approximate surface area is 131 Å². The fourth-order valence-corrected chi connectivity index (χ4v) is 3.14. The fraction of sp³-hybridized carbons (Fsp3) is 0.625. The molecule has 6 heteroatoms. The van der Waals surface area contributed by atoms with Crippen molar-refractivity contribution in [2.45, 2.75) is 45.3 Å². The van der Waals surface area contributed by atoms with Crippen molar-refractivity contribution in [3.05, 3.63) is 35.7 Å². The predicted octanol–water partition coefficient (Wildman–Crippen LogP) is 2.55. The second-order valence-electron chi connectivity index (χ2n) is 5.92. The van der Waals surface area contributed by atoms with Gasteiger partial charge >= 0.3 is 0 Å². The Kier molecular flexibility index (Phi) is 4.90. The van der Waals surface area contributed by atoms with Gasteiger partial charge < -0.3 is 13.8 Å². The molecule has 0 bridgehead atoms. The Morgan fingerprint density at radius 1 is 1.41 bits per heavy atom. The molecule has 0 aliphatic carbocycles. The zero-order valence-corrected chi connectivity index (χ0v) is 13.4. The first-order valence-electron chi connectivity index (χ1n) is 7.93. The van der Waals surface area contributed by atoms with E-state index in [1.165, 1.54) is 18.5 Å². The van der Waals surface area contributed by atoms with Gasteiger partial charge in [-0.2, -0.15) is 0 Å². The fourth-order valence-electron chi connectivity index (χ4n) is 3.14. The summed E-state index contributed by atoms with van der Waals surface area (Å²) in [6.45, 7) is 5.47. The second kappa shape index (κ2) is 7.07. The van der Waals surface area contributed by atoms with Gasteiger partial charge in [-0.05, 0) is 26.3 Å². The lowest BCUT2D eigenvalue weighted by Gasteiger charge is -2.34. The van der Waals surface area contributed by atoms with Crippen LogP contribution < -0.4 is 0 Å². The van der Waals surface area contributed by atoms with Crippen LogP contribution in [0.4, 0.5) is 0 Å². The number of imidazole rings is 1. The number of hydrogen-bond donors (Lipinski definition) is 0. The van der Waals surface area contributed by atoms with E-state index >= 15 is 0 Å². The molecule has 1 atom stereocenters. The highest BCUT2D eigenvalue weighted by atomic mass is 16.5. The minimum absolute atomic E-state index is 0.344. The van der Waals surface area contributed by atoms with Crippen LogP contribution in [0, 0.1) is 6.92 Å². The van der Waals surface area contributed by atoms with Crippen LogP contribution in [0.2, 0.25) is 0 Å². The maximum absolute atomic E-state index is 5.27. The van der Waals surface area contributed by atoms with E-state index in [0.29, 0.717) is 12.6 Å². The number of piperidine rings is 1. The summed E-state index contributed by atoms with van der Waals surface area (Å²) in [7, 11) is 1.73. The molecule has 0 amide bonds. The summed E-state index contributed by atoms with van der Waals surface area (Å²) in [5, 5.41) is 4.23. The van der Waals surface area contributed by atoms with E-state index in [4.69, 9.17) is 9.26 Å². The summed E-state index contributed by atoms with van der Waals surface area (Å²) in [6, 6.07) is 2.41. The molecule has 3 rings (SSSR count). The molecule has 1 aliphatic rings. The van der Waals surface area contributed by atoms with Gasteiger partial charge in [0.2, 0.25) is 0 Å². The molecule has 0 saturated carbocycles. The Hall–Kier alpha value is -1.66. The maximum Gasteiger partial charge on any atom is 0.133 e. The monoisotopic (exact) mass is 304 g/mol. The standard InChI is InChI=1S/C16H24N4O2/c1-13-9-15(18-22-13)16-5-3-4-6-19(16)11-14-10-17-12-20(14)7-8-21-2/h9-10,12,16H,3-8,11H2,1-2H3/t16-/m1/s1. The largest absolute Gasteiger partial charge is 0.383 e. The van der Waals surface area contributed by atoms with E-state index in [-0.39, 0.29) is 0 Å². The maximum atomic E-state index is 5.27. The first kappa shape index (κ1) is 15.2. The molecule has 2 aromatic heterocycles. The molecule has 6 nitrogen and oxygen atoms in total. The normalized spacial score (nSPS) is 19.6. The third kappa shape index (κ3) is 3.39. The molecule has 0 N–H and O–H groups in total. The molecule has 0 spiro atoms. The van der Waals surface area contributed by atoms with E-state index in [2.05, 4.69) is 25.7 Å². The second-order valence-corrected chi connectivity index (χ2v) is 5.92. The first-order chi connectivity index (χ1) is 10.8. The Morgan fingerprint density at radius 3 is 3.09 bits per heavy atom. The van der Waals surface area contributed by atoms with E-state index < -0.39 is 0 Å². The smallest absolute Gasteiger partial charge is 0.133 e. The van der Waals surface area contributed by atoms with Crippen LogP contribution in [0.5, 0.6) is 0 Å². The van der Waals surface area contributed by atoms with Gasteiger partial charge in [0.15, 0.2) is 0 Å². The molecule has 1 saturated heterocycles. The molecular formula is C16H24N4O2. The number of rotatable bonds is 6. The quantitative estimate of drug-likeness (QED) is 0.821. The number of aromatic nitrogens is 3. The summed E-state index contributed by atoms with van der Waals surface area (Å²) >= 11 is 0. The minimum Gasteiger partial charge on any atom is -0.383 e. The summed E-state index contributed by atoms with van der Waals surface area (Å²) in [6.07, 6.45) is 7.46. The number of aryl methyl sites for hydroxylation is 1. The number of nitrogens with zero attached hydrogens (tertiary/aromatic N) is 4. The molecule has 22 heavy (non-hydrogen) atoms. The van der Waals surface area contributed by atoms with Crippen molar-refractivity contribution in [2.75, 3.05) is 20.3 Å². The van der Waals surface area contributed by atoms with Gasteiger partial charge in [-0.1, -0.05) is 11.6 Å². The van der Waals surface area contributed by atoms with Gasteiger partial charge in [0, 0.05) is 32.5 Å². The van der Waals surface area contributed by atoms with Crippen LogP contribution in [0.25, 0.3) is 0 Å². The van der Waals surface area contributed by atoms with E-state index in [0.717, 1.165) is 37.5 Å². The summed E-state index contributed by atoms with van der Waals surface area (Å²) in [5.74, 6) is 0.880. The number of hydrogen-bond acceptors (Lipinski definition) is 5. The molecule has 3 heterocycles. The van der Waals surface area contributed by atoms with Crippen molar-refractivity contribution in [1.82, 2.24) is 19.6 Å². The van der Waals surface area contributed by atoms with Crippen molar-refractivity contribution in [2.24, 2.45) is 0 Å². The summed E-state index contributed by atoms with van der Waals surface area (Å²) < 4.78 is 12.6. The molecule has 0 unspecified atom stereocenters. The van der Waals surface area contributed by atoms with Crippen LogP contribution >= 0.6 is 0 Å². The van der Waals surface area contributed by atoms with E-state index in [9.17, 15) is 0 Å². The SMILES string of the molecule is COCCn1cncc1CN1CCCC[C@@H]1c1cc(C)on1. The molecule has 1 fully saturated rings. The van der Waals surface area contributed by atoms with Crippen LogP contribution in [0.15, 0.2) is 23.1 Å². The lowest BCUT2D eigenvalue weighted by atomic mass is 9.99. The van der Waals surface area contributed by atoms with Crippen LogP contribution in [0.1, 0.15) is 42.5 Å². The summed E-state index contributed by atoms with van der Waals surface area (Å²) in [5.41, 5.74) is 2.28. The van der Waals surface area contributed by atoms with Crippen molar-refractivity contribution in [3.63, 3.8) is 0 Å². The molecule has 120 valence electrons. The lowest BCUT2D eigenvalue weighted by molar-refractivity contribution is 0.129. The van der Waals surface area contributed by atoms with Gasteiger partial charge in [0.05, 0.1) is 24.7 Å². The average molecular weight is 304 g/mol. The number of methoxy groups -OCH3 is 1. The van der Waals surface area contributed by atoms with Crippen molar-refractivity contribution in [1.29, 1.82) is 0 Å². The predicted molar refractivity (Wildman–Crippen MR) is 82.3 cm³/mol. The highest BCUT2D eigenvalue weighted by Crippen LogP contribution is 2.31. The van der Waals surface area contributed by atoms with Gasteiger partial charge in [-0.25, -0.2) is 4.98 Å². The number of likely N-dealkylation sites (tertiary alicyclic amines) is 1. The van der Waals surface area contributed by atoms with Crippen LogP contribution in [-0.2, 0) is 17.8 Å². The lowest BCUT2D eigenvalue weighted by Crippen LogP contribution is -2.33.